The lowest BCUT2D eigenvalue weighted by molar-refractivity contribution is -0.128. The van der Waals surface area contributed by atoms with Gasteiger partial charge < -0.3 is 4.90 Å². The number of rotatable bonds is 7. The number of halogens is 2. The van der Waals surface area contributed by atoms with Crippen LogP contribution in [-0.4, -0.2) is 45.1 Å². The third-order valence-electron chi connectivity index (χ3n) is 2.86. The first-order chi connectivity index (χ1) is 9.69. The largest absolute Gasteiger partial charge is 0.341 e. The summed E-state index contributed by atoms with van der Waals surface area (Å²) >= 11 is 11.9. The van der Waals surface area contributed by atoms with Gasteiger partial charge in [-0.3, -0.25) is 4.79 Å². The molecular weight excluding hydrogens is 335 g/mol. The Bertz CT molecular complexity index is 605. The lowest BCUT2D eigenvalue weighted by Crippen LogP contribution is -2.38. The van der Waals surface area contributed by atoms with E-state index in [9.17, 15) is 13.2 Å². The minimum absolute atomic E-state index is 0.115. The number of amides is 1. The highest BCUT2D eigenvalue weighted by molar-refractivity contribution is 7.88. The highest BCUT2D eigenvalue weighted by Crippen LogP contribution is 2.21. The molecule has 0 heterocycles. The lowest BCUT2D eigenvalue weighted by atomic mass is 10.1. The van der Waals surface area contributed by atoms with Gasteiger partial charge in [0, 0.05) is 36.6 Å². The molecule has 1 rings (SSSR count). The standard InChI is InChI=1S/C13H18Cl2N2O3S/c1-10(18)17(8-6-16-21(2,19)20)7-5-11-3-4-12(14)9-13(11)15/h3-4,9,16H,5-8H2,1-2H3. The predicted octanol–water partition coefficient (Wildman–Crippen LogP) is 1.93. The molecule has 1 aromatic carbocycles. The molecule has 0 bridgehead atoms. The molecule has 0 atom stereocenters. The quantitative estimate of drug-likeness (QED) is 0.815. The zero-order valence-electron chi connectivity index (χ0n) is 11.9. The normalized spacial score (nSPS) is 11.4. The summed E-state index contributed by atoms with van der Waals surface area (Å²) in [6.45, 7) is 2.41. The Morgan fingerprint density at radius 1 is 1.29 bits per heavy atom. The molecule has 1 aromatic rings. The average molecular weight is 353 g/mol. The van der Waals surface area contributed by atoms with Crippen LogP contribution in [0.3, 0.4) is 0 Å². The molecule has 8 heteroatoms. The van der Waals surface area contributed by atoms with Gasteiger partial charge in [-0.1, -0.05) is 29.3 Å². The Kier molecular flexibility index (Phi) is 6.93. The third-order valence-corrected chi connectivity index (χ3v) is 4.17. The number of nitrogens with one attached hydrogen (secondary N) is 1. The van der Waals surface area contributed by atoms with Crippen LogP contribution in [0.15, 0.2) is 18.2 Å². The van der Waals surface area contributed by atoms with Crippen molar-refractivity contribution in [2.24, 2.45) is 0 Å². The fraction of sp³-hybridized carbons (Fsp3) is 0.462. The molecule has 0 fully saturated rings. The molecule has 0 aliphatic rings. The smallest absolute Gasteiger partial charge is 0.219 e. The van der Waals surface area contributed by atoms with Crippen LogP contribution in [0.1, 0.15) is 12.5 Å². The molecule has 0 aliphatic heterocycles. The molecule has 0 radical (unpaired) electrons. The zero-order chi connectivity index (χ0) is 16.0. The minimum Gasteiger partial charge on any atom is -0.341 e. The molecule has 0 saturated heterocycles. The molecule has 0 aliphatic carbocycles. The van der Waals surface area contributed by atoms with Gasteiger partial charge in [-0.15, -0.1) is 0 Å². The Morgan fingerprint density at radius 3 is 2.48 bits per heavy atom. The number of hydrogen-bond donors (Lipinski definition) is 1. The average Bonchev–Trinajstić information content (AvgIpc) is 2.33. The van der Waals surface area contributed by atoms with E-state index in [1.165, 1.54) is 6.92 Å². The molecule has 0 saturated carbocycles. The van der Waals surface area contributed by atoms with Gasteiger partial charge in [-0.25, -0.2) is 13.1 Å². The highest BCUT2D eigenvalue weighted by atomic mass is 35.5. The van der Waals surface area contributed by atoms with Crippen LogP contribution in [0.4, 0.5) is 0 Å². The molecule has 5 nitrogen and oxygen atoms in total. The number of benzene rings is 1. The summed E-state index contributed by atoms with van der Waals surface area (Å²) < 4.78 is 24.3. The summed E-state index contributed by atoms with van der Waals surface area (Å²) in [7, 11) is -3.25. The second-order valence-corrected chi connectivity index (χ2v) is 7.33. The first kappa shape index (κ1) is 18.2. The molecule has 1 N–H and O–H groups in total. The van der Waals surface area contributed by atoms with Crippen molar-refractivity contribution < 1.29 is 13.2 Å². The van der Waals surface area contributed by atoms with E-state index in [4.69, 9.17) is 23.2 Å². The van der Waals surface area contributed by atoms with Crippen LogP contribution >= 0.6 is 23.2 Å². The van der Waals surface area contributed by atoms with Crippen LogP contribution in [-0.2, 0) is 21.2 Å². The van der Waals surface area contributed by atoms with Crippen molar-refractivity contribution in [2.75, 3.05) is 25.9 Å². The molecule has 0 spiro atoms. The maximum absolute atomic E-state index is 11.6. The number of hydrogen-bond acceptors (Lipinski definition) is 3. The number of carbonyl (C=O) groups excluding carboxylic acids is 1. The molecule has 118 valence electrons. The summed E-state index contributed by atoms with van der Waals surface area (Å²) in [5, 5.41) is 1.12. The van der Waals surface area contributed by atoms with E-state index in [2.05, 4.69) is 4.72 Å². The van der Waals surface area contributed by atoms with E-state index >= 15 is 0 Å². The van der Waals surface area contributed by atoms with Crippen molar-refractivity contribution in [1.82, 2.24) is 9.62 Å². The van der Waals surface area contributed by atoms with Crippen molar-refractivity contribution in [1.29, 1.82) is 0 Å². The Hall–Kier alpha value is -0.820. The van der Waals surface area contributed by atoms with E-state index in [1.54, 1.807) is 17.0 Å². The molecule has 21 heavy (non-hydrogen) atoms. The van der Waals surface area contributed by atoms with Gasteiger partial charge in [0.15, 0.2) is 0 Å². The maximum atomic E-state index is 11.6. The highest BCUT2D eigenvalue weighted by Gasteiger charge is 2.11. The van der Waals surface area contributed by atoms with Gasteiger partial charge in [0.05, 0.1) is 6.26 Å². The van der Waals surface area contributed by atoms with Crippen LogP contribution in [0.2, 0.25) is 10.0 Å². The monoisotopic (exact) mass is 352 g/mol. The van der Waals surface area contributed by atoms with Gasteiger partial charge in [0.25, 0.3) is 0 Å². The van der Waals surface area contributed by atoms with Crippen LogP contribution in [0.25, 0.3) is 0 Å². The SMILES string of the molecule is CC(=O)N(CCNS(C)(=O)=O)CCc1ccc(Cl)cc1Cl. The van der Waals surface area contributed by atoms with Crippen LogP contribution in [0.5, 0.6) is 0 Å². The van der Waals surface area contributed by atoms with Gasteiger partial charge in [0.2, 0.25) is 15.9 Å². The van der Waals surface area contributed by atoms with E-state index < -0.39 is 10.0 Å². The van der Waals surface area contributed by atoms with Gasteiger partial charge in [-0.05, 0) is 24.1 Å². The van der Waals surface area contributed by atoms with E-state index in [-0.39, 0.29) is 12.5 Å². The second-order valence-electron chi connectivity index (χ2n) is 4.66. The van der Waals surface area contributed by atoms with Gasteiger partial charge in [-0.2, -0.15) is 0 Å². The Balaban J connectivity index is 2.57. The van der Waals surface area contributed by atoms with Crippen molar-refractivity contribution in [3.63, 3.8) is 0 Å². The molecule has 1 amide bonds. The first-order valence-corrected chi connectivity index (χ1v) is 8.98. The molecule has 0 aromatic heterocycles. The lowest BCUT2D eigenvalue weighted by Gasteiger charge is -2.21. The first-order valence-electron chi connectivity index (χ1n) is 6.33. The number of carbonyl (C=O) groups is 1. The Labute approximate surface area is 135 Å². The summed E-state index contributed by atoms with van der Waals surface area (Å²) in [5.74, 6) is -0.115. The van der Waals surface area contributed by atoms with E-state index in [0.717, 1.165) is 11.8 Å². The summed E-state index contributed by atoms with van der Waals surface area (Å²) in [6, 6.07) is 5.21. The second kappa shape index (κ2) is 7.98. The van der Waals surface area contributed by atoms with Crippen LogP contribution in [0, 0.1) is 0 Å². The van der Waals surface area contributed by atoms with Gasteiger partial charge >= 0.3 is 0 Å². The molecular formula is C13H18Cl2N2O3S. The molecule has 0 unspecified atom stereocenters. The van der Waals surface area contributed by atoms with Crippen molar-refractivity contribution in [2.45, 2.75) is 13.3 Å². The Morgan fingerprint density at radius 2 is 1.95 bits per heavy atom. The third kappa shape index (κ3) is 7.13. The number of sulfonamides is 1. The maximum Gasteiger partial charge on any atom is 0.219 e. The topological polar surface area (TPSA) is 66.5 Å². The van der Waals surface area contributed by atoms with Crippen molar-refractivity contribution in [3.05, 3.63) is 33.8 Å². The van der Waals surface area contributed by atoms with Crippen molar-refractivity contribution >= 4 is 39.1 Å². The van der Waals surface area contributed by atoms with Crippen LogP contribution < -0.4 is 4.72 Å². The van der Waals surface area contributed by atoms with E-state index in [1.807, 2.05) is 6.07 Å². The van der Waals surface area contributed by atoms with Gasteiger partial charge in [0.1, 0.15) is 0 Å². The predicted molar refractivity (Wildman–Crippen MR) is 85.3 cm³/mol. The minimum atomic E-state index is -3.25. The summed E-state index contributed by atoms with van der Waals surface area (Å²) in [4.78, 5) is 13.1. The summed E-state index contributed by atoms with van der Waals surface area (Å²) in [6.07, 6.45) is 1.66. The zero-order valence-corrected chi connectivity index (χ0v) is 14.2. The van der Waals surface area contributed by atoms with Crippen molar-refractivity contribution in [3.8, 4) is 0 Å². The number of nitrogens with zero attached hydrogens (tertiary/aromatic N) is 1. The fourth-order valence-corrected chi connectivity index (χ4v) is 2.74. The summed E-state index contributed by atoms with van der Waals surface area (Å²) in [5.41, 5.74) is 0.892. The fourth-order valence-electron chi connectivity index (χ4n) is 1.77. The van der Waals surface area contributed by atoms with E-state index in [0.29, 0.717) is 29.6 Å².